The van der Waals surface area contributed by atoms with Gasteiger partial charge in [-0.3, -0.25) is 15.1 Å². The van der Waals surface area contributed by atoms with Crippen molar-refractivity contribution in [2.24, 2.45) is 10.9 Å². The lowest BCUT2D eigenvalue weighted by Crippen LogP contribution is -2.37. The van der Waals surface area contributed by atoms with E-state index in [1.165, 1.54) is 23.8 Å². The maximum absolute atomic E-state index is 13.4. The highest BCUT2D eigenvalue weighted by molar-refractivity contribution is 5.61. The maximum Gasteiger partial charge on any atom is 0.416 e. The Bertz CT molecular complexity index is 1270. The molecule has 0 saturated heterocycles. The molecule has 0 radical (unpaired) electrons. The Balaban J connectivity index is 1.85. The molecule has 0 fully saturated rings. The molecule has 1 aliphatic heterocycles. The number of aromatic amines is 1. The van der Waals surface area contributed by atoms with Gasteiger partial charge in [0.05, 0.1) is 12.1 Å². The lowest BCUT2D eigenvalue weighted by atomic mass is 9.92. The van der Waals surface area contributed by atoms with Crippen LogP contribution in [-0.4, -0.2) is 37.6 Å². The molecule has 0 spiro atoms. The second-order valence-corrected chi connectivity index (χ2v) is 10.3. The molecule has 3 atom stereocenters. The third-order valence-electron chi connectivity index (χ3n) is 7.09. The van der Waals surface area contributed by atoms with E-state index in [2.05, 4.69) is 28.3 Å². The summed E-state index contributed by atoms with van der Waals surface area (Å²) < 4.78 is 46.1. The summed E-state index contributed by atoms with van der Waals surface area (Å²) in [7, 11) is 1.64. The fraction of sp³-hybridized carbons (Fsp3) is 0.438. The van der Waals surface area contributed by atoms with E-state index in [1.807, 2.05) is 31.4 Å². The monoisotopic (exact) mass is 555 g/mol. The summed E-state index contributed by atoms with van der Waals surface area (Å²) in [6, 6.07) is 7.43. The third kappa shape index (κ3) is 9.45. The van der Waals surface area contributed by atoms with Crippen LogP contribution in [0.2, 0.25) is 0 Å². The van der Waals surface area contributed by atoms with Crippen LogP contribution in [0.3, 0.4) is 0 Å². The van der Waals surface area contributed by atoms with Crippen molar-refractivity contribution in [1.29, 1.82) is 0 Å². The zero-order valence-corrected chi connectivity index (χ0v) is 23.7. The van der Waals surface area contributed by atoms with Gasteiger partial charge in [-0.05, 0) is 66.0 Å². The van der Waals surface area contributed by atoms with Crippen LogP contribution in [0.1, 0.15) is 61.3 Å². The van der Waals surface area contributed by atoms with Crippen LogP contribution in [0, 0.1) is 12.8 Å². The zero-order chi connectivity index (χ0) is 29.1. The number of allylic oxidation sites excluding steroid dienone is 3. The van der Waals surface area contributed by atoms with Crippen molar-refractivity contribution in [2.75, 3.05) is 20.2 Å². The molecule has 1 aliphatic rings. The number of pyridine rings is 1. The summed E-state index contributed by atoms with van der Waals surface area (Å²) in [5, 5.41) is 3.56. The highest BCUT2D eigenvalue weighted by atomic mass is 19.4. The van der Waals surface area contributed by atoms with Gasteiger partial charge >= 0.3 is 6.18 Å². The Labute approximate surface area is 235 Å². The van der Waals surface area contributed by atoms with Gasteiger partial charge in [-0.2, -0.15) is 13.2 Å². The van der Waals surface area contributed by atoms with Crippen molar-refractivity contribution >= 4 is 6.21 Å². The number of nitrogens with one attached hydrogen (secondary N) is 2. The number of halogens is 3. The molecule has 0 bridgehead atoms. The van der Waals surface area contributed by atoms with Gasteiger partial charge in [0, 0.05) is 38.6 Å². The molecule has 0 aliphatic carbocycles. The van der Waals surface area contributed by atoms with Crippen molar-refractivity contribution in [2.45, 2.75) is 64.8 Å². The van der Waals surface area contributed by atoms with E-state index in [9.17, 15) is 18.0 Å². The second kappa shape index (κ2) is 15.0. The summed E-state index contributed by atoms with van der Waals surface area (Å²) in [6.07, 6.45) is 10.4. The van der Waals surface area contributed by atoms with Crippen LogP contribution in [0.4, 0.5) is 13.2 Å². The smallest absolute Gasteiger partial charge is 0.362 e. The molecular weight excluding hydrogens is 515 g/mol. The lowest BCUT2D eigenvalue weighted by Gasteiger charge is -2.25. The molecule has 1 aromatic heterocycles. The number of aryl methyl sites for hydroxylation is 1. The molecule has 2 heterocycles. The number of benzene rings is 1. The number of hydrogen-bond donors (Lipinski definition) is 2. The summed E-state index contributed by atoms with van der Waals surface area (Å²) in [5.74, 6) is 0.0737. The highest BCUT2D eigenvalue weighted by Crippen LogP contribution is 2.32. The average Bonchev–Trinajstić information content (AvgIpc) is 2.94. The van der Waals surface area contributed by atoms with Gasteiger partial charge in [0.15, 0.2) is 0 Å². The Hall–Kier alpha value is -3.23. The van der Waals surface area contributed by atoms with Crippen LogP contribution in [0.25, 0.3) is 0 Å². The number of hydrogen-bond acceptors (Lipinski definition) is 4. The fourth-order valence-electron chi connectivity index (χ4n) is 4.84. The Morgan fingerprint density at radius 3 is 2.67 bits per heavy atom. The number of H-pyrrole nitrogens is 1. The summed E-state index contributed by atoms with van der Waals surface area (Å²) in [4.78, 5) is 18.6. The normalized spacial score (nSPS) is 16.7. The highest BCUT2D eigenvalue weighted by Gasteiger charge is 2.31. The molecular formula is C32H40F3N3O2. The number of dihydropyridines is 1. The minimum Gasteiger partial charge on any atom is -0.362 e. The molecule has 216 valence electrons. The van der Waals surface area contributed by atoms with Crippen LogP contribution >= 0.6 is 0 Å². The van der Waals surface area contributed by atoms with E-state index < -0.39 is 18.0 Å². The van der Waals surface area contributed by atoms with Gasteiger partial charge in [-0.15, -0.1) is 0 Å². The molecule has 2 aromatic rings. The zero-order valence-electron chi connectivity index (χ0n) is 23.7. The summed E-state index contributed by atoms with van der Waals surface area (Å²) in [5.41, 5.74) is 3.46. The number of aromatic nitrogens is 1. The first kappa shape index (κ1) is 31.3. The van der Waals surface area contributed by atoms with E-state index in [-0.39, 0.29) is 11.5 Å². The first-order valence-electron chi connectivity index (χ1n) is 13.8. The molecule has 3 unspecified atom stereocenters. The van der Waals surface area contributed by atoms with E-state index in [1.54, 1.807) is 32.4 Å². The molecule has 0 amide bonds. The largest absolute Gasteiger partial charge is 0.416 e. The van der Waals surface area contributed by atoms with Gasteiger partial charge in [0.25, 0.3) is 0 Å². The first-order valence-corrected chi connectivity index (χ1v) is 13.8. The van der Waals surface area contributed by atoms with E-state index >= 15 is 0 Å². The lowest BCUT2D eigenvalue weighted by molar-refractivity contribution is -0.137. The van der Waals surface area contributed by atoms with Gasteiger partial charge in [-0.1, -0.05) is 62.3 Å². The minimum absolute atomic E-state index is 0.169. The summed E-state index contributed by atoms with van der Waals surface area (Å²) >= 11 is 0. The van der Waals surface area contributed by atoms with Gasteiger partial charge in [0.2, 0.25) is 5.56 Å². The molecule has 3 rings (SSSR count). The van der Waals surface area contributed by atoms with Crippen LogP contribution in [-0.2, 0) is 17.3 Å². The van der Waals surface area contributed by atoms with Crippen molar-refractivity contribution < 1.29 is 17.9 Å². The Morgan fingerprint density at radius 2 is 2.05 bits per heavy atom. The molecule has 2 N–H and O–H groups in total. The van der Waals surface area contributed by atoms with Crippen molar-refractivity contribution in [1.82, 2.24) is 10.3 Å². The SMILES string of the molecule is CCCC(CNC(OC)C(C=CC(C)c1cc(C)cc(C(F)(F)F)c1)=CCc1ccc(=O)[nH]c1)C1=CCC=NC1. The van der Waals surface area contributed by atoms with E-state index in [4.69, 9.17) is 4.74 Å². The van der Waals surface area contributed by atoms with Crippen LogP contribution < -0.4 is 10.9 Å². The number of nitrogens with zero attached hydrogens (tertiary/aromatic N) is 1. The number of alkyl halides is 3. The van der Waals surface area contributed by atoms with E-state index in [0.717, 1.165) is 30.4 Å². The predicted molar refractivity (Wildman–Crippen MR) is 156 cm³/mol. The maximum atomic E-state index is 13.4. The Morgan fingerprint density at radius 1 is 1.25 bits per heavy atom. The molecule has 5 nitrogen and oxygen atoms in total. The van der Waals surface area contributed by atoms with Crippen LogP contribution in [0.15, 0.2) is 81.8 Å². The predicted octanol–water partition coefficient (Wildman–Crippen LogP) is 6.91. The van der Waals surface area contributed by atoms with Crippen molar-refractivity contribution in [3.63, 3.8) is 0 Å². The second-order valence-electron chi connectivity index (χ2n) is 10.3. The molecule has 0 saturated carbocycles. The minimum atomic E-state index is -4.40. The molecule has 8 heteroatoms. The third-order valence-corrected chi connectivity index (χ3v) is 7.09. The van der Waals surface area contributed by atoms with Gasteiger partial charge < -0.3 is 9.72 Å². The van der Waals surface area contributed by atoms with E-state index in [0.29, 0.717) is 36.6 Å². The van der Waals surface area contributed by atoms with Crippen LogP contribution in [0.5, 0.6) is 0 Å². The number of rotatable bonds is 13. The number of methoxy groups -OCH3 is 1. The topological polar surface area (TPSA) is 66.5 Å². The standard InChI is InChI=1S/C32H40F3N3O2/c1-5-7-26(27-8-6-15-36-20-27)21-38-31(40-4)25(13-10-24-11-14-30(39)37-19-24)12-9-23(3)28-16-22(2)17-29(18-28)32(33,34)35/h8-9,11-19,23,26,31,38H,5-7,10,20-21H2,1-4H3,(H,37,39). The Kier molecular flexibility index (Phi) is 11.7. The number of aliphatic imine (C=N–C) groups is 1. The average molecular weight is 556 g/mol. The molecule has 40 heavy (non-hydrogen) atoms. The molecule has 1 aromatic carbocycles. The van der Waals surface area contributed by atoms with Crippen molar-refractivity contribution in [3.05, 3.63) is 105 Å². The quantitative estimate of drug-likeness (QED) is 0.160. The van der Waals surface area contributed by atoms with Gasteiger partial charge in [0.1, 0.15) is 6.23 Å². The fourth-order valence-corrected chi connectivity index (χ4v) is 4.84. The number of ether oxygens (including phenoxy) is 1. The van der Waals surface area contributed by atoms with Crippen molar-refractivity contribution in [3.8, 4) is 0 Å². The summed E-state index contributed by atoms with van der Waals surface area (Å²) in [6.45, 7) is 7.15. The van der Waals surface area contributed by atoms with Gasteiger partial charge in [-0.25, -0.2) is 0 Å². The first-order chi connectivity index (χ1) is 19.1.